The molecule has 86 valence electrons. The number of hydrogen-bond donors (Lipinski definition) is 1. The zero-order valence-electron chi connectivity index (χ0n) is 8.73. The number of fused-ring (bicyclic) bond motifs is 1. The van der Waals surface area contributed by atoms with Crippen molar-refractivity contribution in [3.8, 4) is 0 Å². The van der Waals surface area contributed by atoms with E-state index in [1.54, 1.807) is 6.07 Å². The van der Waals surface area contributed by atoms with Crippen LogP contribution in [0.3, 0.4) is 0 Å². The van der Waals surface area contributed by atoms with Crippen molar-refractivity contribution in [1.29, 1.82) is 0 Å². The van der Waals surface area contributed by atoms with Gasteiger partial charge in [-0.3, -0.25) is 0 Å². The second-order valence-electron chi connectivity index (χ2n) is 3.09. The van der Waals surface area contributed by atoms with E-state index in [4.69, 9.17) is 19.7 Å². The fourth-order valence-electron chi connectivity index (χ4n) is 1.40. The predicted octanol–water partition coefficient (Wildman–Crippen LogP) is 1.86. The highest BCUT2D eigenvalue weighted by Gasteiger charge is 2.17. The molecule has 0 aromatic carbocycles. The second-order valence-corrected chi connectivity index (χ2v) is 3.84. The summed E-state index contributed by atoms with van der Waals surface area (Å²) in [7, 11) is 3.07. The van der Waals surface area contributed by atoms with Gasteiger partial charge in [0.15, 0.2) is 10.4 Å². The van der Waals surface area contributed by atoms with Crippen LogP contribution in [0.5, 0.6) is 0 Å². The topological polar surface area (TPSA) is 83.4 Å². The van der Waals surface area contributed by atoms with E-state index in [1.807, 2.05) is 0 Å². The summed E-state index contributed by atoms with van der Waals surface area (Å²) >= 11 is 3.28. The number of nitrogens with zero attached hydrogens (tertiary/aromatic N) is 2. The van der Waals surface area contributed by atoms with Crippen molar-refractivity contribution in [3.05, 3.63) is 16.4 Å². The molecule has 0 bridgehead atoms. The molecule has 2 heterocycles. The maximum absolute atomic E-state index is 5.66. The lowest BCUT2D eigenvalue weighted by atomic mass is 10.2. The summed E-state index contributed by atoms with van der Waals surface area (Å²) in [6.07, 6.45) is -0.546. The highest BCUT2D eigenvalue weighted by molar-refractivity contribution is 9.10. The van der Waals surface area contributed by atoms with Gasteiger partial charge in [0.05, 0.1) is 11.1 Å². The largest absolute Gasteiger partial charge is 0.380 e. The molecule has 16 heavy (non-hydrogen) atoms. The van der Waals surface area contributed by atoms with Gasteiger partial charge >= 0.3 is 0 Å². The first-order valence-corrected chi connectivity index (χ1v) is 5.23. The summed E-state index contributed by atoms with van der Waals surface area (Å²) in [6.45, 7) is 0. The quantitative estimate of drug-likeness (QED) is 0.685. The monoisotopic (exact) mass is 287 g/mol. The Morgan fingerprint density at radius 1 is 1.44 bits per heavy atom. The van der Waals surface area contributed by atoms with Crippen LogP contribution in [0.1, 0.15) is 12.0 Å². The van der Waals surface area contributed by atoms with Crippen LogP contribution >= 0.6 is 15.9 Å². The minimum atomic E-state index is -0.546. The Bertz CT molecular complexity index is 510. The Morgan fingerprint density at radius 3 is 2.75 bits per heavy atom. The summed E-state index contributed by atoms with van der Waals surface area (Å²) in [6, 6.07) is 1.73. The number of anilines is 1. The van der Waals surface area contributed by atoms with Gasteiger partial charge < -0.3 is 19.7 Å². The number of rotatable bonds is 3. The zero-order valence-corrected chi connectivity index (χ0v) is 10.3. The van der Waals surface area contributed by atoms with Gasteiger partial charge in [-0.15, -0.1) is 0 Å². The van der Waals surface area contributed by atoms with Crippen LogP contribution in [0, 0.1) is 0 Å². The SMILES string of the molecule is COC(OC)c1cc2c(N)noc2c(Br)n1. The van der Waals surface area contributed by atoms with Crippen LogP contribution in [0.4, 0.5) is 5.82 Å². The molecule has 2 rings (SSSR count). The Kier molecular flexibility index (Phi) is 3.08. The number of methoxy groups -OCH3 is 2. The molecule has 0 amide bonds. The van der Waals surface area contributed by atoms with Crippen molar-refractivity contribution in [2.45, 2.75) is 6.29 Å². The molecular weight excluding hydrogens is 278 g/mol. The van der Waals surface area contributed by atoms with E-state index >= 15 is 0 Å². The van der Waals surface area contributed by atoms with E-state index < -0.39 is 6.29 Å². The van der Waals surface area contributed by atoms with Crippen LogP contribution in [0.15, 0.2) is 15.2 Å². The highest BCUT2D eigenvalue weighted by atomic mass is 79.9. The highest BCUT2D eigenvalue weighted by Crippen LogP contribution is 2.29. The normalized spacial score (nSPS) is 11.5. The van der Waals surface area contributed by atoms with Crippen LogP contribution in [0.2, 0.25) is 0 Å². The van der Waals surface area contributed by atoms with E-state index in [9.17, 15) is 0 Å². The molecule has 0 radical (unpaired) electrons. The molecule has 0 aliphatic rings. The number of hydrogen-bond acceptors (Lipinski definition) is 6. The number of pyridine rings is 1. The molecule has 0 saturated heterocycles. The van der Waals surface area contributed by atoms with Gasteiger partial charge in [0, 0.05) is 14.2 Å². The third-order valence-electron chi connectivity index (χ3n) is 2.13. The second kappa shape index (κ2) is 4.36. The maximum Gasteiger partial charge on any atom is 0.201 e. The number of nitrogens with two attached hydrogens (primary N) is 1. The van der Waals surface area contributed by atoms with E-state index in [0.29, 0.717) is 27.1 Å². The van der Waals surface area contributed by atoms with Gasteiger partial charge in [-0.2, -0.15) is 0 Å². The van der Waals surface area contributed by atoms with E-state index in [1.165, 1.54) is 14.2 Å². The fraction of sp³-hybridized carbons (Fsp3) is 0.333. The fourth-order valence-corrected chi connectivity index (χ4v) is 1.89. The molecule has 2 aromatic rings. The van der Waals surface area contributed by atoms with E-state index in [2.05, 4.69) is 26.1 Å². The lowest BCUT2D eigenvalue weighted by molar-refractivity contribution is -0.108. The first-order valence-electron chi connectivity index (χ1n) is 4.44. The molecule has 0 aliphatic carbocycles. The minimum Gasteiger partial charge on any atom is -0.380 e. The smallest absolute Gasteiger partial charge is 0.201 e. The number of ether oxygens (including phenoxy) is 2. The lowest BCUT2D eigenvalue weighted by Crippen LogP contribution is -2.06. The molecule has 6 nitrogen and oxygen atoms in total. The Hall–Kier alpha value is -1.18. The van der Waals surface area contributed by atoms with Crippen molar-refractivity contribution in [1.82, 2.24) is 10.1 Å². The Balaban J connectivity index is 2.59. The minimum absolute atomic E-state index is 0.310. The van der Waals surface area contributed by atoms with Gasteiger partial charge in [0.1, 0.15) is 0 Å². The molecule has 2 N–H and O–H groups in total. The predicted molar refractivity (Wildman–Crippen MR) is 60.7 cm³/mol. The van der Waals surface area contributed by atoms with Gasteiger partial charge in [0.2, 0.25) is 11.9 Å². The van der Waals surface area contributed by atoms with Gasteiger partial charge in [0.25, 0.3) is 0 Å². The van der Waals surface area contributed by atoms with Crippen LogP contribution in [0.25, 0.3) is 11.0 Å². The summed E-state index contributed by atoms with van der Waals surface area (Å²) in [5.41, 5.74) is 6.77. The van der Waals surface area contributed by atoms with Crippen molar-refractivity contribution in [2.24, 2.45) is 0 Å². The van der Waals surface area contributed by atoms with Crippen molar-refractivity contribution in [2.75, 3.05) is 20.0 Å². The molecule has 7 heteroatoms. The number of halogens is 1. The zero-order chi connectivity index (χ0) is 11.7. The van der Waals surface area contributed by atoms with Crippen molar-refractivity contribution >= 4 is 32.7 Å². The maximum atomic E-state index is 5.66. The average molecular weight is 288 g/mol. The molecule has 0 aliphatic heterocycles. The van der Waals surface area contributed by atoms with E-state index in [0.717, 1.165) is 0 Å². The summed E-state index contributed by atoms with van der Waals surface area (Å²) < 4.78 is 15.7. The first-order chi connectivity index (χ1) is 7.67. The van der Waals surface area contributed by atoms with Crippen molar-refractivity contribution < 1.29 is 14.0 Å². The molecule has 0 unspecified atom stereocenters. The Labute approximate surface area is 99.8 Å². The molecule has 0 atom stereocenters. The number of nitrogen functional groups attached to an aromatic ring is 1. The summed E-state index contributed by atoms with van der Waals surface area (Å²) in [4.78, 5) is 4.23. The average Bonchev–Trinajstić information content (AvgIpc) is 2.63. The van der Waals surface area contributed by atoms with E-state index in [-0.39, 0.29) is 0 Å². The van der Waals surface area contributed by atoms with Gasteiger partial charge in [-0.1, -0.05) is 5.16 Å². The van der Waals surface area contributed by atoms with Gasteiger partial charge in [-0.05, 0) is 22.0 Å². The number of aromatic nitrogens is 2. The Morgan fingerprint density at radius 2 is 2.12 bits per heavy atom. The third-order valence-corrected chi connectivity index (χ3v) is 2.67. The van der Waals surface area contributed by atoms with Crippen LogP contribution in [-0.2, 0) is 9.47 Å². The molecule has 0 saturated carbocycles. The lowest BCUT2D eigenvalue weighted by Gasteiger charge is -2.12. The molecular formula is C9H10BrN3O3. The van der Waals surface area contributed by atoms with Gasteiger partial charge in [-0.25, -0.2) is 4.98 Å². The molecule has 2 aromatic heterocycles. The standard InChI is InChI=1S/C9H10BrN3O3/c1-14-9(15-2)5-3-4-6(7(10)12-5)16-13-8(4)11/h3,9H,1-2H3,(H2,11,13). The van der Waals surface area contributed by atoms with Crippen LogP contribution in [-0.4, -0.2) is 24.4 Å². The molecule has 0 spiro atoms. The first kappa shape index (κ1) is 11.3. The summed E-state index contributed by atoms with van der Waals surface area (Å²) in [5.74, 6) is 0.310. The molecule has 0 fully saturated rings. The third kappa shape index (κ3) is 1.77. The van der Waals surface area contributed by atoms with Crippen LogP contribution < -0.4 is 5.73 Å². The van der Waals surface area contributed by atoms with Crippen molar-refractivity contribution in [3.63, 3.8) is 0 Å². The summed E-state index contributed by atoms with van der Waals surface area (Å²) in [5, 5.41) is 4.34.